The highest BCUT2D eigenvalue weighted by molar-refractivity contribution is 7.39. The first-order valence-electron chi connectivity index (χ1n) is 10.2. The fourth-order valence-corrected chi connectivity index (χ4v) is 5.58. The molecule has 0 aromatic rings. The van der Waals surface area contributed by atoms with Crippen LogP contribution in [-0.4, -0.2) is 88.1 Å². The Balaban J connectivity index is 4.48. The van der Waals surface area contributed by atoms with Crippen LogP contribution in [0, 0.1) is 0 Å². The molecule has 164 valence electrons. The molecule has 0 aliphatic heterocycles. The smallest absolute Gasteiger partial charge is 0.180 e. The molecule has 0 fully saturated rings. The van der Waals surface area contributed by atoms with Crippen molar-refractivity contribution in [2.75, 3.05) is 72.1 Å². The van der Waals surface area contributed by atoms with E-state index in [1.165, 1.54) is 0 Å². The molecule has 2 unspecified atom stereocenters. The molecule has 0 bridgehead atoms. The summed E-state index contributed by atoms with van der Waals surface area (Å²) in [5.74, 6) is 0. The minimum absolute atomic E-state index is 0.458. The van der Waals surface area contributed by atoms with Crippen LogP contribution in [0.5, 0.6) is 0 Å². The molecule has 27 heavy (non-hydrogen) atoms. The summed E-state index contributed by atoms with van der Waals surface area (Å²) in [6, 6.07) is 0. The van der Waals surface area contributed by atoms with Gasteiger partial charge in [0.1, 0.15) is 0 Å². The van der Waals surface area contributed by atoms with E-state index < -0.39 is 11.1 Å². The Bertz CT molecular complexity index is 310. The normalized spacial score (nSPS) is 13.8. The van der Waals surface area contributed by atoms with Gasteiger partial charge in [0.05, 0.1) is 6.61 Å². The van der Waals surface area contributed by atoms with E-state index in [1.807, 2.05) is 27.7 Å². The van der Waals surface area contributed by atoms with Crippen LogP contribution in [0.25, 0.3) is 0 Å². The van der Waals surface area contributed by atoms with Crippen LogP contribution in [0.1, 0.15) is 41.5 Å². The molecule has 0 saturated carbocycles. The Hall–Kier alpha value is 0.620. The van der Waals surface area contributed by atoms with E-state index in [0.29, 0.717) is 43.6 Å². The van der Waals surface area contributed by atoms with Gasteiger partial charge in [-0.05, 0) is 53.9 Å². The van der Waals surface area contributed by atoms with Crippen molar-refractivity contribution < 1.29 is 23.7 Å². The monoisotopic (exact) mass is 427 g/mol. The third-order valence-corrected chi connectivity index (χ3v) is 6.85. The maximum Gasteiger partial charge on any atom is 0.180 e. The first-order valence-corrected chi connectivity index (χ1v) is 12.6. The van der Waals surface area contributed by atoms with Gasteiger partial charge in [-0.1, -0.05) is 17.2 Å². The summed E-state index contributed by atoms with van der Waals surface area (Å²) in [5, 5.41) is 0. The molecule has 2 atom stereocenters. The quantitative estimate of drug-likeness (QED) is 0.231. The van der Waals surface area contributed by atoms with Crippen LogP contribution in [-0.2, 0) is 23.7 Å². The number of nitrogens with zero attached hydrogens (tertiary/aromatic N) is 1. The molecular weight excluding hydrogens is 384 g/mol. The van der Waals surface area contributed by atoms with E-state index in [-0.39, 0.29) is 0 Å². The lowest BCUT2D eigenvalue weighted by molar-refractivity contribution is -0.156. The maximum absolute atomic E-state index is 5.83. The van der Waals surface area contributed by atoms with Crippen molar-refractivity contribution in [3.05, 3.63) is 0 Å². The fraction of sp³-hybridized carbons (Fsp3) is 1.00. The molecule has 6 nitrogen and oxygen atoms in total. The molecule has 8 heteroatoms. The van der Waals surface area contributed by atoms with Gasteiger partial charge in [0.25, 0.3) is 0 Å². The second-order valence-corrected chi connectivity index (χ2v) is 9.84. The average molecular weight is 428 g/mol. The van der Waals surface area contributed by atoms with Crippen LogP contribution < -0.4 is 0 Å². The van der Waals surface area contributed by atoms with E-state index >= 15 is 0 Å². The molecule has 0 heterocycles. The molecular formula is C19H43NO5P2. The Morgan fingerprint density at radius 3 is 1.33 bits per heavy atom. The molecule has 0 aromatic heterocycles. The summed E-state index contributed by atoms with van der Waals surface area (Å²) >= 11 is 0. The summed E-state index contributed by atoms with van der Waals surface area (Å²) in [7, 11) is 2.97. The summed E-state index contributed by atoms with van der Waals surface area (Å²) < 4.78 is 28.6. The molecule has 0 aromatic carbocycles. The number of hydrogen-bond donors (Lipinski definition) is 0. The van der Waals surface area contributed by atoms with Crippen LogP contribution in [0.15, 0.2) is 0 Å². The van der Waals surface area contributed by atoms with E-state index in [1.54, 1.807) is 7.11 Å². The zero-order chi connectivity index (χ0) is 20.6. The van der Waals surface area contributed by atoms with Crippen molar-refractivity contribution in [3.63, 3.8) is 0 Å². The third-order valence-electron chi connectivity index (χ3n) is 4.04. The van der Waals surface area contributed by atoms with E-state index in [2.05, 4.69) is 18.7 Å². The first-order chi connectivity index (χ1) is 12.9. The van der Waals surface area contributed by atoms with Crippen molar-refractivity contribution in [2.45, 2.75) is 52.6 Å². The van der Waals surface area contributed by atoms with Crippen molar-refractivity contribution in [2.24, 2.45) is 0 Å². The van der Waals surface area contributed by atoms with Crippen LogP contribution in [0.4, 0.5) is 0 Å². The summed E-state index contributed by atoms with van der Waals surface area (Å²) in [4.78, 5) is 2.46. The van der Waals surface area contributed by atoms with Crippen molar-refractivity contribution >= 4 is 17.2 Å². The van der Waals surface area contributed by atoms with Gasteiger partial charge in [0, 0.05) is 53.2 Å². The molecule has 0 spiro atoms. The highest BCUT2D eigenvalue weighted by Gasteiger charge is 2.26. The van der Waals surface area contributed by atoms with Gasteiger partial charge in [-0.25, -0.2) is 0 Å². The Kier molecular flexibility index (Phi) is 16.8. The summed E-state index contributed by atoms with van der Waals surface area (Å²) in [6.07, 6.45) is 2.11. The molecule has 0 amide bonds. The Morgan fingerprint density at radius 1 is 0.667 bits per heavy atom. The van der Waals surface area contributed by atoms with E-state index in [9.17, 15) is 0 Å². The molecule has 0 aliphatic rings. The van der Waals surface area contributed by atoms with Gasteiger partial charge in [0.2, 0.25) is 0 Å². The van der Waals surface area contributed by atoms with Gasteiger partial charge in [0.15, 0.2) is 11.1 Å². The Labute approximate surface area is 170 Å². The average Bonchev–Trinajstić information content (AvgIpc) is 2.60. The van der Waals surface area contributed by atoms with E-state index in [4.69, 9.17) is 23.7 Å². The molecule has 0 aliphatic carbocycles. The van der Waals surface area contributed by atoms with E-state index in [0.717, 1.165) is 38.6 Å². The summed E-state index contributed by atoms with van der Waals surface area (Å²) in [6.45, 7) is 18.6. The third kappa shape index (κ3) is 13.5. The second kappa shape index (κ2) is 16.4. The maximum atomic E-state index is 5.83. The van der Waals surface area contributed by atoms with Gasteiger partial charge >= 0.3 is 0 Å². The van der Waals surface area contributed by atoms with Gasteiger partial charge in [-0.15, -0.1) is 0 Å². The highest BCUT2D eigenvalue weighted by atomic mass is 31.1. The molecule has 0 radical (unpaired) electrons. The van der Waals surface area contributed by atoms with Crippen LogP contribution >= 0.6 is 17.2 Å². The Morgan fingerprint density at radius 2 is 1.04 bits per heavy atom. The van der Waals surface area contributed by atoms with Crippen molar-refractivity contribution in [1.29, 1.82) is 0 Å². The van der Waals surface area contributed by atoms with Gasteiger partial charge in [-0.2, -0.15) is 0 Å². The number of hydrogen-bond acceptors (Lipinski definition) is 6. The fourth-order valence-electron chi connectivity index (χ4n) is 2.83. The number of rotatable bonds is 19. The lowest BCUT2D eigenvalue weighted by Crippen LogP contribution is -2.35. The van der Waals surface area contributed by atoms with Crippen molar-refractivity contribution in [1.82, 2.24) is 4.90 Å². The minimum Gasteiger partial charge on any atom is -0.383 e. The zero-order valence-electron chi connectivity index (χ0n) is 18.6. The molecule has 0 saturated heterocycles. The standard InChI is InChI=1S/C19H43NO5P2/c1-8-22-18(5,23-9-2)26-16-13-20(12-15-21-7)14-17-27-19(6,24-10-3)25-11-4/h26-27H,8-17H2,1-7H3. The zero-order valence-corrected chi connectivity index (χ0v) is 20.6. The lowest BCUT2D eigenvalue weighted by Gasteiger charge is -2.32. The lowest BCUT2D eigenvalue weighted by atomic mass is 10.5. The second-order valence-electron chi connectivity index (χ2n) is 6.31. The molecule has 0 N–H and O–H groups in total. The first kappa shape index (κ1) is 27.6. The molecule has 0 rings (SSSR count). The highest BCUT2D eigenvalue weighted by Crippen LogP contribution is 2.35. The van der Waals surface area contributed by atoms with Crippen LogP contribution in [0.3, 0.4) is 0 Å². The number of methoxy groups -OCH3 is 1. The predicted octanol–water partition coefficient (Wildman–Crippen LogP) is 3.79. The number of ether oxygens (including phenoxy) is 5. The minimum atomic E-state index is -0.458. The topological polar surface area (TPSA) is 49.4 Å². The largest absolute Gasteiger partial charge is 0.383 e. The van der Waals surface area contributed by atoms with Gasteiger partial charge in [-0.3, -0.25) is 0 Å². The van der Waals surface area contributed by atoms with Crippen LogP contribution in [0.2, 0.25) is 0 Å². The van der Waals surface area contributed by atoms with Gasteiger partial charge < -0.3 is 28.6 Å². The predicted molar refractivity (Wildman–Crippen MR) is 118 cm³/mol. The summed E-state index contributed by atoms with van der Waals surface area (Å²) in [5.41, 5.74) is -0.915. The SMILES string of the molecule is CCOC(C)(OCC)PCCN(CCOC)CCPC(C)(OCC)OCC. The van der Waals surface area contributed by atoms with Crippen molar-refractivity contribution in [3.8, 4) is 0 Å².